The van der Waals surface area contributed by atoms with Crippen LogP contribution < -0.4 is 0 Å². The minimum atomic E-state index is 1.05. The topological polar surface area (TPSA) is 33.6 Å². The van der Waals surface area contributed by atoms with Gasteiger partial charge in [0, 0.05) is 22.4 Å². The predicted molar refractivity (Wildman–Crippen MR) is 90.4 cm³/mol. The summed E-state index contributed by atoms with van der Waals surface area (Å²) in [4.78, 5) is 4.82. The Labute approximate surface area is 126 Å². The number of rotatable bonds is 1. The number of hydrogen-bond acceptors (Lipinski definition) is 1. The Morgan fingerprint density at radius 1 is 0.727 bits per heavy atom. The summed E-state index contributed by atoms with van der Waals surface area (Å²) in [5, 5.41) is 7.00. The molecule has 0 bridgehead atoms. The van der Waals surface area contributed by atoms with E-state index in [1.165, 1.54) is 10.8 Å². The highest BCUT2D eigenvalue weighted by Crippen LogP contribution is 2.31. The lowest BCUT2D eigenvalue weighted by Crippen LogP contribution is -1.92. The van der Waals surface area contributed by atoms with E-state index in [2.05, 4.69) is 53.8 Å². The highest BCUT2D eigenvalue weighted by molar-refractivity contribution is 6.16. The Hall–Kier alpha value is -3.07. The van der Waals surface area contributed by atoms with E-state index in [4.69, 9.17) is 4.98 Å². The number of nitrogens with zero attached hydrogens (tertiary/aromatic N) is 2. The molecule has 3 heteroatoms. The van der Waals surface area contributed by atoms with Crippen LogP contribution in [0.5, 0.6) is 0 Å². The summed E-state index contributed by atoms with van der Waals surface area (Å²) in [5.41, 5.74) is 4.32. The Bertz CT molecular complexity index is 1120. The zero-order chi connectivity index (χ0) is 14.5. The van der Waals surface area contributed by atoms with Gasteiger partial charge in [0.1, 0.15) is 0 Å². The van der Waals surface area contributed by atoms with Gasteiger partial charge >= 0.3 is 0 Å². The molecular weight excluding hydrogens is 270 g/mol. The molecule has 0 saturated heterocycles. The van der Waals surface area contributed by atoms with Crippen LogP contribution in [0, 0.1) is 0 Å². The molecule has 0 aliphatic heterocycles. The van der Waals surface area contributed by atoms with E-state index in [9.17, 15) is 0 Å². The predicted octanol–water partition coefficient (Wildman–Crippen LogP) is 4.66. The van der Waals surface area contributed by atoms with E-state index < -0.39 is 0 Å². The highest BCUT2D eigenvalue weighted by Gasteiger charge is 2.10. The smallest absolute Gasteiger partial charge is 0.0825 e. The fraction of sp³-hybridized carbons (Fsp3) is 0. The number of aromatic nitrogens is 3. The molecule has 5 rings (SSSR count). The maximum atomic E-state index is 4.82. The van der Waals surface area contributed by atoms with Crippen molar-refractivity contribution in [2.24, 2.45) is 0 Å². The summed E-state index contributed by atoms with van der Waals surface area (Å²) in [6.07, 6.45) is 2.12. The van der Waals surface area contributed by atoms with Gasteiger partial charge in [0.05, 0.1) is 22.2 Å². The second kappa shape index (κ2) is 4.21. The molecule has 0 aliphatic rings. The van der Waals surface area contributed by atoms with E-state index in [0.29, 0.717) is 0 Å². The molecule has 0 aliphatic carbocycles. The maximum Gasteiger partial charge on any atom is 0.0825 e. The Morgan fingerprint density at radius 3 is 2.45 bits per heavy atom. The first kappa shape index (κ1) is 11.6. The summed E-state index contributed by atoms with van der Waals surface area (Å²) < 4.78 is 2.05. The standard InChI is InChI=1S/C19H13N3/c1-2-6-13(7-3-1)22-12-16-18(21-22)11-10-15-14-8-4-5-9-17(14)20-19(15)16/h1-12,21H. The van der Waals surface area contributed by atoms with Gasteiger partial charge in [0.25, 0.3) is 0 Å². The van der Waals surface area contributed by atoms with Gasteiger partial charge in [-0.05, 0) is 30.3 Å². The third-order valence-corrected chi connectivity index (χ3v) is 4.18. The SMILES string of the molecule is c1ccc(-n2cc3c(ccc4c5ccccc5nc34)[nH]2)cc1. The third kappa shape index (κ3) is 1.53. The van der Waals surface area contributed by atoms with Gasteiger partial charge < -0.3 is 0 Å². The zero-order valence-electron chi connectivity index (χ0n) is 11.8. The van der Waals surface area contributed by atoms with E-state index in [-0.39, 0.29) is 0 Å². The monoisotopic (exact) mass is 283 g/mol. The summed E-state index contributed by atoms with van der Waals surface area (Å²) in [6.45, 7) is 0. The molecule has 0 amide bonds. The zero-order valence-corrected chi connectivity index (χ0v) is 11.8. The van der Waals surface area contributed by atoms with Gasteiger partial charge in [-0.2, -0.15) is 0 Å². The van der Waals surface area contributed by atoms with Crippen LogP contribution in [0.2, 0.25) is 0 Å². The lowest BCUT2D eigenvalue weighted by Gasteiger charge is -2.00. The molecular formula is C19H13N3. The minimum Gasteiger partial charge on any atom is -0.294 e. The Balaban J connectivity index is 1.87. The van der Waals surface area contributed by atoms with Gasteiger partial charge in [-0.15, -0.1) is 0 Å². The maximum absolute atomic E-state index is 4.82. The quantitative estimate of drug-likeness (QED) is 0.477. The van der Waals surface area contributed by atoms with Crippen molar-refractivity contribution in [1.29, 1.82) is 0 Å². The van der Waals surface area contributed by atoms with Crippen LogP contribution in [0.15, 0.2) is 72.9 Å². The molecule has 0 spiro atoms. The van der Waals surface area contributed by atoms with Crippen molar-refractivity contribution in [1.82, 2.24) is 14.8 Å². The molecule has 0 atom stereocenters. The first-order valence-electron chi connectivity index (χ1n) is 7.34. The van der Waals surface area contributed by atoms with Crippen molar-refractivity contribution in [2.75, 3.05) is 0 Å². The van der Waals surface area contributed by atoms with Crippen LogP contribution in [0.25, 0.3) is 38.4 Å². The summed E-state index contributed by atoms with van der Waals surface area (Å²) in [6, 6.07) is 22.9. The van der Waals surface area contributed by atoms with Crippen molar-refractivity contribution >= 4 is 32.7 Å². The van der Waals surface area contributed by atoms with Crippen molar-refractivity contribution in [2.45, 2.75) is 0 Å². The average Bonchev–Trinajstić information content (AvgIpc) is 3.16. The largest absolute Gasteiger partial charge is 0.294 e. The molecule has 22 heavy (non-hydrogen) atoms. The first-order valence-corrected chi connectivity index (χ1v) is 7.34. The summed E-state index contributed by atoms with van der Waals surface area (Å²) in [5.74, 6) is 0. The molecule has 5 aromatic rings. The van der Waals surface area contributed by atoms with E-state index in [1.807, 2.05) is 28.9 Å². The lowest BCUT2D eigenvalue weighted by atomic mass is 10.1. The van der Waals surface area contributed by atoms with Crippen molar-refractivity contribution < 1.29 is 0 Å². The molecule has 3 nitrogen and oxygen atoms in total. The second-order valence-electron chi connectivity index (χ2n) is 5.50. The second-order valence-corrected chi connectivity index (χ2v) is 5.50. The first-order chi connectivity index (χ1) is 10.9. The Morgan fingerprint density at radius 2 is 1.55 bits per heavy atom. The fourth-order valence-electron chi connectivity index (χ4n) is 3.11. The van der Waals surface area contributed by atoms with Crippen LogP contribution in [-0.2, 0) is 0 Å². The normalized spacial score (nSPS) is 11.6. The molecule has 0 radical (unpaired) electrons. The lowest BCUT2D eigenvalue weighted by molar-refractivity contribution is 0.896. The third-order valence-electron chi connectivity index (χ3n) is 4.18. The number of fused-ring (bicyclic) bond motifs is 5. The number of hydrogen-bond donors (Lipinski definition) is 1. The highest BCUT2D eigenvalue weighted by atomic mass is 15.3. The average molecular weight is 283 g/mol. The van der Waals surface area contributed by atoms with E-state index >= 15 is 0 Å². The van der Waals surface area contributed by atoms with Crippen molar-refractivity contribution in [3.63, 3.8) is 0 Å². The molecule has 2 aromatic heterocycles. The molecule has 104 valence electrons. The van der Waals surface area contributed by atoms with Gasteiger partial charge in [-0.1, -0.05) is 36.4 Å². The van der Waals surface area contributed by atoms with E-state index in [0.717, 1.165) is 27.6 Å². The summed E-state index contributed by atoms with van der Waals surface area (Å²) >= 11 is 0. The van der Waals surface area contributed by atoms with Crippen molar-refractivity contribution in [3.05, 3.63) is 72.9 Å². The number of H-pyrrole nitrogens is 1. The van der Waals surface area contributed by atoms with Crippen LogP contribution in [0.3, 0.4) is 0 Å². The number of para-hydroxylation sites is 2. The summed E-state index contributed by atoms with van der Waals surface area (Å²) in [7, 11) is 0. The number of nitrogens with one attached hydrogen (secondary N) is 1. The molecule has 0 saturated carbocycles. The van der Waals surface area contributed by atoms with Crippen LogP contribution >= 0.6 is 0 Å². The molecule has 3 aromatic carbocycles. The van der Waals surface area contributed by atoms with Crippen molar-refractivity contribution in [3.8, 4) is 5.69 Å². The van der Waals surface area contributed by atoms with Crippen LogP contribution in [0.4, 0.5) is 0 Å². The Kier molecular flexibility index (Phi) is 2.22. The molecule has 0 unspecified atom stereocenters. The minimum absolute atomic E-state index is 1.05. The van der Waals surface area contributed by atoms with Crippen LogP contribution in [0.1, 0.15) is 0 Å². The van der Waals surface area contributed by atoms with Gasteiger partial charge in [0.15, 0.2) is 0 Å². The van der Waals surface area contributed by atoms with E-state index in [1.54, 1.807) is 0 Å². The molecule has 0 fully saturated rings. The number of aromatic amines is 1. The van der Waals surface area contributed by atoms with Gasteiger partial charge in [-0.3, -0.25) is 9.78 Å². The molecule has 2 heterocycles. The molecule has 1 N–H and O–H groups in total. The fourth-order valence-corrected chi connectivity index (χ4v) is 3.11. The number of benzene rings is 3. The van der Waals surface area contributed by atoms with Gasteiger partial charge in [0.2, 0.25) is 0 Å². The van der Waals surface area contributed by atoms with Gasteiger partial charge in [-0.25, -0.2) is 4.98 Å². The van der Waals surface area contributed by atoms with Crippen LogP contribution in [-0.4, -0.2) is 14.8 Å².